The van der Waals surface area contributed by atoms with Crippen LogP contribution >= 0.6 is 0 Å². The van der Waals surface area contributed by atoms with Crippen molar-refractivity contribution in [2.45, 2.75) is 32.0 Å². The highest BCUT2D eigenvalue weighted by Gasteiger charge is 2.17. The number of nitrogens with zero attached hydrogens (tertiary/aromatic N) is 4. The van der Waals surface area contributed by atoms with E-state index in [0.717, 1.165) is 62.0 Å². The molecule has 1 N–H and O–H groups in total. The summed E-state index contributed by atoms with van der Waals surface area (Å²) >= 11 is 0. The van der Waals surface area contributed by atoms with Gasteiger partial charge in [0.2, 0.25) is 0 Å². The summed E-state index contributed by atoms with van der Waals surface area (Å²) in [5, 5.41) is 8.10. The molecule has 0 aliphatic carbocycles. The van der Waals surface area contributed by atoms with Gasteiger partial charge in [-0.25, -0.2) is 4.98 Å². The molecule has 140 valence electrons. The first-order valence-electron chi connectivity index (χ1n) is 9.53. The van der Waals surface area contributed by atoms with Gasteiger partial charge >= 0.3 is 0 Å². The Labute approximate surface area is 157 Å². The molecule has 0 saturated carbocycles. The van der Waals surface area contributed by atoms with Gasteiger partial charge in [0.1, 0.15) is 18.1 Å². The van der Waals surface area contributed by atoms with Gasteiger partial charge in [0, 0.05) is 37.8 Å². The number of fused-ring (bicyclic) bond motifs is 1. The molecular weight excluding hydrogens is 342 g/mol. The SMILES string of the molecule is c1cn(-c2ccc(OC[C@H]3CCCO3)cc2)c(-c2cc3n(n2)CCNC3)n1. The van der Waals surface area contributed by atoms with Crippen molar-refractivity contribution >= 4 is 0 Å². The van der Waals surface area contributed by atoms with E-state index >= 15 is 0 Å². The van der Waals surface area contributed by atoms with Crippen molar-refractivity contribution in [3.63, 3.8) is 0 Å². The van der Waals surface area contributed by atoms with Gasteiger partial charge in [-0.1, -0.05) is 0 Å². The Morgan fingerprint density at radius 1 is 1.26 bits per heavy atom. The number of hydrogen-bond acceptors (Lipinski definition) is 5. The predicted octanol–water partition coefficient (Wildman–Crippen LogP) is 2.40. The summed E-state index contributed by atoms with van der Waals surface area (Å²) in [4.78, 5) is 4.54. The Morgan fingerprint density at radius 3 is 3.00 bits per heavy atom. The van der Waals surface area contributed by atoms with Crippen LogP contribution in [0.2, 0.25) is 0 Å². The van der Waals surface area contributed by atoms with Crippen molar-refractivity contribution in [3.8, 4) is 23.0 Å². The fraction of sp³-hybridized carbons (Fsp3) is 0.400. The van der Waals surface area contributed by atoms with Crippen LogP contribution in [0.4, 0.5) is 0 Å². The van der Waals surface area contributed by atoms with Crippen molar-refractivity contribution in [2.75, 3.05) is 19.8 Å². The standard InChI is InChI=1S/C20H23N5O2/c1-2-18(26-11-1)14-27-17-5-3-15(4-6-17)24-9-8-22-20(24)19-12-16-13-21-7-10-25(16)23-19/h3-6,8-9,12,18,21H,1-2,7,10-11,13-14H2/t18-/m1/s1. The molecule has 2 aromatic heterocycles. The monoisotopic (exact) mass is 365 g/mol. The van der Waals surface area contributed by atoms with Gasteiger partial charge in [-0.15, -0.1) is 0 Å². The number of hydrogen-bond donors (Lipinski definition) is 1. The second-order valence-corrected chi connectivity index (χ2v) is 6.98. The molecule has 0 unspecified atom stereocenters. The molecule has 1 fully saturated rings. The molecule has 5 rings (SSSR count). The Morgan fingerprint density at radius 2 is 2.19 bits per heavy atom. The topological polar surface area (TPSA) is 66.1 Å². The maximum atomic E-state index is 5.86. The minimum Gasteiger partial charge on any atom is -0.491 e. The van der Waals surface area contributed by atoms with Gasteiger partial charge in [0.15, 0.2) is 5.82 Å². The van der Waals surface area contributed by atoms with Crippen molar-refractivity contribution in [1.29, 1.82) is 0 Å². The minimum absolute atomic E-state index is 0.228. The Bertz CT molecular complexity index is 885. The predicted molar refractivity (Wildman–Crippen MR) is 101 cm³/mol. The first kappa shape index (κ1) is 16.5. The van der Waals surface area contributed by atoms with Crippen molar-refractivity contribution in [3.05, 3.63) is 48.4 Å². The lowest BCUT2D eigenvalue weighted by Gasteiger charge is -2.13. The summed E-state index contributed by atoms with van der Waals surface area (Å²) in [7, 11) is 0. The van der Waals surface area contributed by atoms with E-state index in [4.69, 9.17) is 14.6 Å². The highest BCUT2D eigenvalue weighted by molar-refractivity contribution is 5.55. The highest BCUT2D eigenvalue weighted by Crippen LogP contribution is 2.24. The first-order valence-corrected chi connectivity index (χ1v) is 9.53. The first-order chi connectivity index (χ1) is 13.4. The highest BCUT2D eigenvalue weighted by atomic mass is 16.5. The largest absolute Gasteiger partial charge is 0.491 e. The average molecular weight is 365 g/mol. The Hall–Kier alpha value is -2.64. The van der Waals surface area contributed by atoms with Crippen LogP contribution in [-0.2, 0) is 17.8 Å². The normalized spacial score (nSPS) is 19.2. The zero-order chi connectivity index (χ0) is 18.1. The van der Waals surface area contributed by atoms with Crippen LogP contribution in [0.3, 0.4) is 0 Å². The minimum atomic E-state index is 0.228. The molecule has 0 amide bonds. The quantitative estimate of drug-likeness (QED) is 0.752. The van der Waals surface area contributed by atoms with Crippen LogP contribution < -0.4 is 10.1 Å². The molecular formula is C20H23N5O2. The third-order valence-electron chi connectivity index (χ3n) is 5.11. The fourth-order valence-electron chi connectivity index (χ4n) is 3.67. The molecule has 2 aliphatic heterocycles. The van der Waals surface area contributed by atoms with Crippen LogP contribution in [0, 0.1) is 0 Å². The third-order valence-corrected chi connectivity index (χ3v) is 5.11. The molecule has 27 heavy (non-hydrogen) atoms. The molecule has 0 bridgehead atoms. The number of imidazole rings is 1. The van der Waals surface area contributed by atoms with Gasteiger partial charge in [-0.3, -0.25) is 9.25 Å². The molecule has 0 spiro atoms. The summed E-state index contributed by atoms with van der Waals surface area (Å²) in [6, 6.07) is 10.2. The molecule has 2 aliphatic rings. The molecule has 7 heteroatoms. The van der Waals surface area contributed by atoms with Crippen molar-refractivity contribution < 1.29 is 9.47 Å². The number of ether oxygens (including phenoxy) is 2. The average Bonchev–Trinajstić information content (AvgIpc) is 3.46. The lowest BCUT2D eigenvalue weighted by molar-refractivity contribution is 0.0679. The summed E-state index contributed by atoms with van der Waals surface area (Å²) in [5.74, 6) is 1.71. The second kappa shape index (κ2) is 7.17. The lowest BCUT2D eigenvalue weighted by Crippen LogP contribution is -2.28. The molecule has 4 heterocycles. The smallest absolute Gasteiger partial charge is 0.165 e. The van der Waals surface area contributed by atoms with Gasteiger partial charge in [0.25, 0.3) is 0 Å². The van der Waals surface area contributed by atoms with Gasteiger partial charge < -0.3 is 14.8 Å². The van der Waals surface area contributed by atoms with E-state index in [9.17, 15) is 0 Å². The molecule has 1 saturated heterocycles. The van der Waals surface area contributed by atoms with E-state index < -0.39 is 0 Å². The maximum absolute atomic E-state index is 5.86. The van der Waals surface area contributed by atoms with Gasteiger partial charge in [-0.05, 0) is 43.2 Å². The van der Waals surface area contributed by atoms with E-state index in [-0.39, 0.29) is 6.10 Å². The van der Waals surface area contributed by atoms with E-state index in [1.165, 1.54) is 5.69 Å². The van der Waals surface area contributed by atoms with Crippen LogP contribution in [0.15, 0.2) is 42.7 Å². The third kappa shape index (κ3) is 3.36. The van der Waals surface area contributed by atoms with E-state index in [1.807, 2.05) is 36.7 Å². The Balaban J connectivity index is 1.34. The number of rotatable bonds is 5. The van der Waals surface area contributed by atoms with Gasteiger partial charge in [-0.2, -0.15) is 5.10 Å². The second-order valence-electron chi connectivity index (χ2n) is 6.98. The molecule has 0 radical (unpaired) electrons. The Kier molecular flexibility index (Phi) is 4.39. The zero-order valence-corrected chi connectivity index (χ0v) is 15.2. The van der Waals surface area contributed by atoms with Crippen LogP contribution in [-0.4, -0.2) is 45.2 Å². The summed E-state index contributed by atoms with van der Waals surface area (Å²) in [6.07, 6.45) is 6.22. The van der Waals surface area contributed by atoms with Crippen LogP contribution in [0.1, 0.15) is 18.5 Å². The fourth-order valence-corrected chi connectivity index (χ4v) is 3.67. The van der Waals surface area contributed by atoms with Crippen LogP contribution in [0.5, 0.6) is 5.75 Å². The van der Waals surface area contributed by atoms with Crippen LogP contribution in [0.25, 0.3) is 17.2 Å². The summed E-state index contributed by atoms with van der Waals surface area (Å²) in [6.45, 7) is 4.17. The summed E-state index contributed by atoms with van der Waals surface area (Å²) < 4.78 is 15.6. The molecule has 3 aromatic rings. The number of benzene rings is 1. The van der Waals surface area contributed by atoms with Crippen molar-refractivity contribution in [2.24, 2.45) is 0 Å². The lowest BCUT2D eigenvalue weighted by atomic mass is 10.2. The van der Waals surface area contributed by atoms with Crippen molar-refractivity contribution in [1.82, 2.24) is 24.6 Å². The summed E-state index contributed by atoms with van der Waals surface area (Å²) in [5.41, 5.74) is 3.14. The zero-order valence-electron chi connectivity index (χ0n) is 15.2. The maximum Gasteiger partial charge on any atom is 0.165 e. The van der Waals surface area contributed by atoms with E-state index in [2.05, 4.69) is 25.6 Å². The molecule has 1 atom stereocenters. The number of aromatic nitrogens is 4. The molecule has 1 aromatic carbocycles. The molecule has 7 nitrogen and oxygen atoms in total. The van der Waals surface area contributed by atoms with E-state index in [1.54, 1.807) is 0 Å². The number of nitrogens with one attached hydrogen (secondary N) is 1. The van der Waals surface area contributed by atoms with Gasteiger partial charge in [0.05, 0.1) is 18.3 Å². The van der Waals surface area contributed by atoms with E-state index in [0.29, 0.717) is 6.61 Å².